The number of carbonyl (C=O) groups is 1. The smallest absolute Gasteiger partial charge is 0.335 e. The average Bonchev–Trinajstić information content (AvgIpc) is 2.63. The molecule has 0 radical (unpaired) electrons. The standard InChI is InChI=1S/C15H15Cl2N5O6/c16-5-3-1-2-4(6(5)17)7-12(18)20-15(19)22(21-7)13-10(25)8(23)9(24)11(28-13)14(26)27/h1-3,8-11,13,23-25H,(H,26,27)(H3,18,19,20)/t8-,9-,10+,11-,13+/m0/s1. The monoisotopic (exact) mass is 431 g/mol. The molecule has 7 N–H and O–H groups in total. The largest absolute Gasteiger partial charge is 0.479 e. The van der Waals surface area contributed by atoms with Gasteiger partial charge in [-0.05, 0) is 6.07 Å². The SMILES string of the molecule is N=c1nc(N)c(-c2cccc(Cl)c2Cl)nn1[C@@H]1O[C@H](C(=O)O)[C@@H](O)[C@H](O)[C@H]1O. The minimum absolute atomic E-state index is 0.00760. The molecule has 13 heteroatoms. The van der Waals surface area contributed by atoms with Crippen molar-refractivity contribution in [1.29, 1.82) is 5.41 Å². The molecule has 1 aliphatic heterocycles. The van der Waals surface area contributed by atoms with Crippen LogP contribution in [0.1, 0.15) is 6.23 Å². The predicted molar refractivity (Wildman–Crippen MR) is 95.3 cm³/mol. The van der Waals surface area contributed by atoms with Crippen molar-refractivity contribution in [2.75, 3.05) is 5.73 Å². The Balaban J connectivity index is 2.13. The lowest BCUT2D eigenvalue weighted by Gasteiger charge is -2.38. The molecule has 150 valence electrons. The maximum atomic E-state index is 11.3. The lowest BCUT2D eigenvalue weighted by molar-refractivity contribution is -0.250. The average molecular weight is 432 g/mol. The van der Waals surface area contributed by atoms with Crippen molar-refractivity contribution < 1.29 is 30.0 Å². The first-order valence-corrected chi connectivity index (χ1v) is 8.56. The minimum atomic E-state index is -1.89. The Morgan fingerprint density at radius 1 is 1.21 bits per heavy atom. The van der Waals surface area contributed by atoms with Crippen molar-refractivity contribution in [3.63, 3.8) is 0 Å². The number of carboxylic acids is 1. The third-order valence-electron chi connectivity index (χ3n) is 4.17. The summed E-state index contributed by atoms with van der Waals surface area (Å²) >= 11 is 12.2. The van der Waals surface area contributed by atoms with Crippen LogP contribution >= 0.6 is 23.2 Å². The topological polar surface area (TPSA) is 188 Å². The Labute approximate surface area is 167 Å². The maximum absolute atomic E-state index is 11.3. The first-order chi connectivity index (χ1) is 13.1. The number of rotatable bonds is 3. The van der Waals surface area contributed by atoms with E-state index in [0.29, 0.717) is 0 Å². The summed E-state index contributed by atoms with van der Waals surface area (Å²) in [6.07, 6.45) is -9.07. The Hall–Kier alpha value is -2.28. The second-order valence-electron chi connectivity index (χ2n) is 5.97. The molecule has 1 aromatic heterocycles. The summed E-state index contributed by atoms with van der Waals surface area (Å²) in [5, 5.41) is 51.5. The molecule has 1 aromatic carbocycles. The van der Waals surface area contributed by atoms with Gasteiger partial charge in [-0.1, -0.05) is 35.3 Å². The molecule has 2 aromatic rings. The fraction of sp³-hybridized carbons (Fsp3) is 0.333. The number of nitrogens with one attached hydrogen (secondary N) is 1. The van der Waals surface area contributed by atoms with E-state index in [4.69, 9.17) is 44.2 Å². The van der Waals surface area contributed by atoms with Gasteiger partial charge in [-0.25, -0.2) is 4.79 Å². The molecule has 1 aliphatic rings. The van der Waals surface area contributed by atoms with E-state index in [2.05, 4.69) is 10.1 Å². The highest BCUT2D eigenvalue weighted by Gasteiger charge is 2.48. The number of aliphatic carboxylic acids is 1. The van der Waals surface area contributed by atoms with Crippen LogP contribution < -0.4 is 11.4 Å². The van der Waals surface area contributed by atoms with Crippen LogP contribution in [0, 0.1) is 5.41 Å². The number of anilines is 1. The zero-order chi connectivity index (χ0) is 20.7. The second-order valence-corrected chi connectivity index (χ2v) is 6.76. The van der Waals surface area contributed by atoms with E-state index in [0.717, 1.165) is 4.68 Å². The predicted octanol–water partition coefficient (Wildman–Crippen LogP) is -0.622. The number of ether oxygens (including phenoxy) is 1. The molecule has 3 rings (SSSR count). The molecule has 2 heterocycles. The van der Waals surface area contributed by atoms with Gasteiger partial charge in [0, 0.05) is 5.56 Å². The summed E-state index contributed by atoms with van der Waals surface area (Å²) in [5.41, 5.74) is 5.51. The van der Waals surface area contributed by atoms with Gasteiger partial charge in [-0.15, -0.1) is 0 Å². The third kappa shape index (κ3) is 3.43. The van der Waals surface area contributed by atoms with Crippen molar-refractivity contribution in [3.05, 3.63) is 33.9 Å². The zero-order valence-electron chi connectivity index (χ0n) is 13.9. The fourth-order valence-electron chi connectivity index (χ4n) is 2.75. The van der Waals surface area contributed by atoms with Crippen LogP contribution in [0.5, 0.6) is 0 Å². The number of benzene rings is 1. The summed E-state index contributed by atoms with van der Waals surface area (Å²) in [6.45, 7) is 0. The number of hydrogen-bond acceptors (Lipinski definition) is 9. The van der Waals surface area contributed by atoms with Gasteiger partial charge < -0.3 is 30.9 Å². The van der Waals surface area contributed by atoms with E-state index in [1.54, 1.807) is 12.1 Å². The molecule has 5 atom stereocenters. The van der Waals surface area contributed by atoms with Crippen LogP contribution in [0.2, 0.25) is 10.0 Å². The van der Waals surface area contributed by atoms with Crippen LogP contribution in [0.3, 0.4) is 0 Å². The van der Waals surface area contributed by atoms with E-state index in [-0.39, 0.29) is 27.1 Å². The van der Waals surface area contributed by atoms with Crippen LogP contribution in [-0.4, -0.2) is 65.6 Å². The van der Waals surface area contributed by atoms with E-state index < -0.39 is 42.2 Å². The molecule has 0 unspecified atom stereocenters. The molecule has 11 nitrogen and oxygen atoms in total. The summed E-state index contributed by atoms with van der Waals surface area (Å²) in [4.78, 5) is 15.1. The highest BCUT2D eigenvalue weighted by molar-refractivity contribution is 6.43. The van der Waals surface area contributed by atoms with Gasteiger partial charge in [-0.2, -0.15) is 14.8 Å². The number of aliphatic hydroxyl groups is 3. The van der Waals surface area contributed by atoms with Gasteiger partial charge in [0.2, 0.25) is 5.62 Å². The Morgan fingerprint density at radius 3 is 2.54 bits per heavy atom. The van der Waals surface area contributed by atoms with Crippen LogP contribution in [0.25, 0.3) is 11.3 Å². The van der Waals surface area contributed by atoms with Crippen molar-refractivity contribution in [2.45, 2.75) is 30.6 Å². The molecule has 1 saturated heterocycles. The first kappa shape index (κ1) is 20.5. The maximum Gasteiger partial charge on any atom is 0.335 e. The van der Waals surface area contributed by atoms with Gasteiger partial charge in [0.25, 0.3) is 0 Å². The quantitative estimate of drug-likeness (QED) is 0.367. The van der Waals surface area contributed by atoms with Crippen molar-refractivity contribution >= 4 is 35.0 Å². The first-order valence-electron chi connectivity index (χ1n) is 7.81. The van der Waals surface area contributed by atoms with Crippen LogP contribution in [0.4, 0.5) is 5.82 Å². The molecule has 1 fully saturated rings. The summed E-state index contributed by atoms with van der Waals surface area (Å²) in [7, 11) is 0. The summed E-state index contributed by atoms with van der Waals surface area (Å²) in [5.74, 6) is -1.75. The van der Waals surface area contributed by atoms with E-state index in [9.17, 15) is 20.1 Å². The van der Waals surface area contributed by atoms with Gasteiger partial charge >= 0.3 is 5.97 Å². The molecular formula is C15H15Cl2N5O6. The second kappa shape index (κ2) is 7.62. The van der Waals surface area contributed by atoms with E-state index >= 15 is 0 Å². The number of aliphatic hydroxyl groups excluding tert-OH is 3. The van der Waals surface area contributed by atoms with Crippen molar-refractivity contribution in [3.8, 4) is 11.3 Å². The summed E-state index contributed by atoms with van der Waals surface area (Å²) < 4.78 is 5.91. The van der Waals surface area contributed by atoms with Gasteiger partial charge in [0.1, 0.15) is 24.0 Å². The number of halogens is 2. The number of nitrogens with two attached hydrogens (primary N) is 1. The Bertz CT molecular complexity index is 986. The van der Waals surface area contributed by atoms with Crippen LogP contribution in [-0.2, 0) is 9.53 Å². The number of carboxylic acid groups (broad SMARTS) is 1. The van der Waals surface area contributed by atoms with Gasteiger partial charge in [0.15, 0.2) is 18.1 Å². The minimum Gasteiger partial charge on any atom is -0.479 e. The molecule has 0 aliphatic carbocycles. The van der Waals surface area contributed by atoms with Gasteiger partial charge in [0.05, 0.1) is 10.0 Å². The van der Waals surface area contributed by atoms with E-state index in [1.165, 1.54) is 6.07 Å². The number of nitrogens with zero attached hydrogens (tertiary/aromatic N) is 3. The molecular weight excluding hydrogens is 417 g/mol. The normalized spacial score (nSPS) is 27.5. The fourth-order valence-corrected chi connectivity index (χ4v) is 3.14. The number of nitrogen functional groups attached to an aromatic ring is 1. The molecule has 0 spiro atoms. The van der Waals surface area contributed by atoms with Gasteiger partial charge in [-0.3, -0.25) is 5.41 Å². The number of hydrogen-bond donors (Lipinski definition) is 6. The van der Waals surface area contributed by atoms with Crippen molar-refractivity contribution in [1.82, 2.24) is 14.8 Å². The Morgan fingerprint density at radius 2 is 1.89 bits per heavy atom. The lowest BCUT2D eigenvalue weighted by Crippen LogP contribution is -2.59. The highest BCUT2D eigenvalue weighted by Crippen LogP contribution is 2.34. The molecule has 28 heavy (non-hydrogen) atoms. The number of aromatic nitrogens is 3. The molecule has 0 saturated carbocycles. The third-order valence-corrected chi connectivity index (χ3v) is 4.99. The molecule has 0 amide bonds. The Kier molecular flexibility index (Phi) is 5.57. The van der Waals surface area contributed by atoms with E-state index in [1.807, 2.05) is 0 Å². The lowest BCUT2D eigenvalue weighted by atomic mass is 9.98. The molecule has 0 bridgehead atoms. The zero-order valence-corrected chi connectivity index (χ0v) is 15.4. The van der Waals surface area contributed by atoms with Crippen molar-refractivity contribution in [2.24, 2.45) is 0 Å². The van der Waals surface area contributed by atoms with Crippen LogP contribution in [0.15, 0.2) is 18.2 Å². The summed E-state index contributed by atoms with van der Waals surface area (Å²) in [6, 6.07) is 4.66. The highest BCUT2D eigenvalue weighted by atomic mass is 35.5.